The highest BCUT2D eigenvalue weighted by Crippen LogP contribution is 2.43. The summed E-state index contributed by atoms with van der Waals surface area (Å²) in [5.41, 5.74) is 4.47. The van der Waals surface area contributed by atoms with Gasteiger partial charge in [-0.25, -0.2) is 0 Å². The molecule has 0 aromatic heterocycles. The molecule has 0 bridgehead atoms. The molecule has 0 atom stereocenters. The van der Waals surface area contributed by atoms with E-state index in [-0.39, 0.29) is 5.91 Å². The first-order valence-corrected chi connectivity index (χ1v) is 11.2. The number of amides is 1. The molecular weight excluding hydrogens is 416 g/mol. The predicted molar refractivity (Wildman–Crippen MR) is 132 cm³/mol. The van der Waals surface area contributed by atoms with Crippen LogP contribution in [0.3, 0.4) is 0 Å². The Labute approximate surface area is 194 Å². The lowest BCUT2D eigenvalue weighted by Crippen LogP contribution is -2.10. The highest BCUT2D eigenvalue weighted by atomic mass is 16.5. The van der Waals surface area contributed by atoms with Crippen LogP contribution in [0.2, 0.25) is 0 Å². The van der Waals surface area contributed by atoms with Crippen molar-refractivity contribution in [1.29, 1.82) is 0 Å². The van der Waals surface area contributed by atoms with Crippen molar-refractivity contribution in [1.82, 2.24) is 0 Å². The minimum absolute atomic E-state index is 0.182. The number of fused-ring (bicyclic) bond motifs is 1. The van der Waals surface area contributed by atoms with Gasteiger partial charge in [0.05, 0.1) is 36.8 Å². The average molecular weight is 445 g/mol. The molecule has 6 heteroatoms. The third-order valence-corrected chi connectivity index (χ3v) is 5.18. The molecule has 3 aromatic rings. The van der Waals surface area contributed by atoms with Crippen LogP contribution in [0.1, 0.15) is 31.9 Å². The summed E-state index contributed by atoms with van der Waals surface area (Å²) in [6, 6.07) is 21.2. The molecule has 1 amide bonds. The molecule has 0 unspecified atom stereocenters. The maximum absolute atomic E-state index is 13.2. The van der Waals surface area contributed by atoms with Crippen LogP contribution in [0, 0.1) is 0 Å². The van der Waals surface area contributed by atoms with Gasteiger partial charge in [-0.2, -0.15) is 0 Å². The summed E-state index contributed by atoms with van der Waals surface area (Å²) >= 11 is 0. The van der Waals surface area contributed by atoms with E-state index in [4.69, 9.17) is 14.2 Å². The van der Waals surface area contributed by atoms with Crippen molar-refractivity contribution < 1.29 is 19.0 Å². The third kappa shape index (κ3) is 4.80. The van der Waals surface area contributed by atoms with Gasteiger partial charge < -0.3 is 24.8 Å². The average Bonchev–Trinajstić information content (AvgIpc) is 3.14. The molecule has 2 N–H and O–H groups in total. The van der Waals surface area contributed by atoms with Crippen molar-refractivity contribution in [3.8, 4) is 17.2 Å². The molecule has 1 aliphatic heterocycles. The van der Waals surface area contributed by atoms with Gasteiger partial charge in [0.2, 0.25) is 0 Å². The molecule has 6 nitrogen and oxygen atoms in total. The van der Waals surface area contributed by atoms with E-state index >= 15 is 0 Å². The second-order valence-corrected chi connectivity index (χ2v) is 7.36. The summed E-state index contributed by atoms with van der Waals surface area (Å²) in [7, 11) is 0. The van der Waals surface area contributed by atoms with Crippen LogP contribution in [0.5, 0.6) is 17.2 Å². The minimum Gasteiger partial charge on any atom is -0.494 e. The number of carbonyl (C=O) groups is 1. The van der Waals surface area contributed by atoms with Gasteiger partial charge in [-0.1, -0.05) is 30.3 Å². The van der Waals surface area contributed by atoms with Crippen LogP contribution < -0.4 is 24.8 Å². The maximum Gasteiger partial charge on any atom is 0.258 e. The van der Waals surface area contributed by atoms with E-state index in [1.807, 2.05) is 87.5 Å². The maximum atomic E-state index is 13.2. The van der Waals surface area contributed by atoms with Crippen molar-refractivity contribution in [2.75, 3.05) is 30.5 Å². The number of nitrogens with one attached hydrogen (secondary N) is 2. The molecule has 0 radical (unpaired) electrons. The molecule has 1 heterocycles. The van der Waals surface area contributed by atoms with Gasteiger partial charge in [0.15, 0.2) is 11.5 Å². The highest BCUT2D eigenvalue weighted by Gasteiger charge is 2.30. The molecule has 33 heavy (non-hydrogen) atoms. The zero-order valence-corrected chi connectivity index (χ0v) is 19.1. The first-order valence-electron chi connectivity index (χ1n) is 11.2. The predicted octanol–water partition coefficient (Wildman–Crippen LogP) is 5.82. The summed E-state index contributed by atoms with van der Waals surface area (Å²) < 4.78 is 17.1. The number of hydrogen-bond acceptors (Lipinski definition) is 5. The van der Waals surface area contributed by atoms with Crippen molar-refractivity contribution in [2.45, 2.75) is 20.8 Å². The topological polar surface area (TPSA) is 68.8 Å². The highest BCUT2D eigenvalue weighted by molar-refractivity contribution is 6.37. The fourth-order valence-corrected chi connectivity index (χ4v) is 3.79. The van der Waals surface area contributed by atoms with E-state index in [2.05, 4.69) is 10.6 Å². The number of rotatable bonds is 9. The fourth-order valence-electron chi connectivity index (χ4n) is 3.79. The van der Waals surface area contributed by atoms with Crippen LogP contribution >= 0.6 is 0 Å². The van der Waals surface area contributed by atoms with Crippen LogP contribution in [0.15, 0.2) is 66.7 Å². The lowest BCUT2D eigenvalue weighted by molar-refractivity contribution is -0.110. The third-order valence-electron chi connectivity index (χ3n) is 5.18. The Morgan fingerprint density at radius 3 is 2.09 bits per heavy atom. The first-order chi connectivity index (χ1) is 16.1. The van der Waals surface area contributed by atoms with Gasteiger partial charge in [0.25, 0.3) is 5.91 Å². The number of anilines is 2. The molecule has 0 fully saturated rings. The summed E-state index contributed by atoms with van der Waals surface area (Å²) in [6.45, 7) is 7.40. The number of benzene rings is 3. The molecule has 3 aromatic carbocycles. The number of hydrogen-bond donors (Lipinski definition) is 2. The Kier molecular flexibility index (Phi) is 6.83. The van der Waals surface area contributed by atoms with E-state index in [0.29, 0.717) is 48.3 Å². The summed E-state index contributed by atoms with van der Waals surface area (Å²) in [5.74, 6) is 1.84. The minimum atomic E-state index is -0.182. The quantitative estimate of drug-likeness (QED) is 0.407. The first kappa shape index (κ1) is 22.3. The van der Waals surface area contributed by atoms with E-state index in [1.165, 1.54) is 0 Å². The second-order valence-electron chi connectivity index (χ2n) is 7.36. The van der Waals surface area contributed by atoms with Crippen molar-refractivity contribution in [3.05, 3.63) is 77.9 Å². The zero-order chi connectivity index (χ0) is 23.2. The van der Waals surface area contributed by atoms with Gasteiger partial charge >= 0.3 is 0 Å². The van der Waals surface area contributed by atoms with Crippen molar-refractivity contribution in [2.24, 2.45) is 0 Å². The molecule has 0 saturated carbocycles. The smallest absolute Gasteiger partial charge is 0.258 e. The monoisotopic (exact) mass is 444 g/mol. The largest absolute Gasteiger partial charge is 0.494 e. The summed E-state index contributed by atoms with van der Waals surface area (Å²) in [4.78, 5) is 13.2. The van der Waals surface area contributed by atoms with Gasteiger partial charge in [-0.3, -0.25) is 4.79 Å². The number of ether oxygens (including phenoxy) is 3. The molecule has 170 valence electrons. The molecule has 0 aliphatic carbocycles. The van der Waals surface area contributed by atoms with Crippen molar-refractivity contribution in [3.63, 3.8) is 0 Å². The second kappa shape index (κ2) is 10.1. The normalized spacial score (nSPS) is 13.7. The Bertz CT molecular complexity index is 1150. The molecule has 4 rings (SSSR count). The Balaban J connectivity index is 1.84. The van der Waals surface area contributed by atoms with Crippen molar-refractivity contribution >= 4 is 28.6 Å². The standard InChI is InChI=1S/C27H28N2O4/c1-4-31-20-14-12-19(13-15-20)28-26(18-10-8-7-9-11-18)25-21-16-23(32-5-2)24(33-6-3)17-22(21)29-27(25)30/h7-17,28H,4-6H2,1-3H3,(H,29,30). The summed E-state index contributed by atoms with van der Waals surface area (Å²) in [5, 5.41) is 6.45. The fraction of sp³-hybridized carbons (Fsp3) is 0.222. The van der Waals surface area contributed by atoms with E-state index in [0.717, 1.165) is 22.6 Å². The Hall–Kier alpha value is -3.93. The summed E-state index contributed by atoms with van der Waals surface area (Å²) in [6.07, 6.45) is 0. The van der Waals surface area contributed by atoms with Gasteiger partial charge in [-0.15, -0.1) is 0 Å². The zero-order valence-electron chi connectivity index (χ0n) is 19.1. The van der Waals surface area contributed by atoms with Gasteiger partial charge in [0.1, 0.15) is 5.75 Å². The van der Waals surface area contributed by atoms with Crippen LogP contribution in [-0.4, -0.2) is 25.7 Å². The molecule has 0 spiro atoms. The SMILES string of the molecule is CCOc1ccc(NC(=C2C(=O)Nc3cc(OCC)c(OCC)cc32)c2ccccc2)cc1. The van der Waals surface area contributed by atoms with Crippen LogP contribution in [0.25, 0.3) is 11.3 Å². The molecule has 0 saturated heterocycles. The van der Waals surface area contributed by atoms with Crippen LogP contribution in [-0.2, 0) is 4.79 Å². The van der Waals surface area contributed by atoms with E-state index < -0.39 is 0 Å². The lowest BCUT2D eigenvalue weighted by Gasteiger charge is -2.16. The van der Waals surface area contributed by atoms with Gasteiger partial charge in [0, 0.05) is 17.3 Å². The Morgan fingerprint density at radius 2 is 1.45 bits per heavy atom. The Morgan fingerprint density at radius 1 is 0.818 bits per heavy atom. The van der Waals surface area contributed by atoms with Crippen LogP contribution in [0.4, 0.5) is 11.4 Å². The van der Waals surface area contributed by atoms with E-state index in [1.54, 1.807) is 0 Å². The lowest BCUT2D eigenvalue weighted by atomic mass is 9.99. The number of carbonyl (C=O) groups excluding carboxylic acids is 1. The molecular formula is C27H28N2O4. The molecule has 1 aliphatic rings. The van der Waals surface area contributed by atoms with Gasteiger partial charge in [-0.05, 0) is 56.7 Å². The van der Waals surface area contributed by atoms with E-state index in [9.17, 15) is 4.79 Å².